The van der Waals surface area contributed by atoms with E-state index in [0.29, 0.717) is 25.3 Å². The second-order valence-electron chi connectivity index (χ2n) is 11.0. The number of pyridine rings is 1. The van der Waals surface area contributed by atoms with Crippen molar-refractivity contribution in [2.45, 2.75) is 38.6 Å². The van der Waals surface area contributed by atoms with Crippen LogP contribution in [0.4, 0.5) is 11.6 Å². The van der Waals surface area contributed by atoms with Gasteiger partial charge in [-0.25, -0.2) is 4.98 Å². The number of imidazole rings is 1. The molecule has 0 fully saturated rings. The first kappa shape index (κ1) is 34.8. The van der Waals surface area contributed by atoms with Gasteiger partial charge in [0, 0.05) is 30.7 Å². The molecule has 5 amide bonds. The Balaban J connectivity index is 1.28. The highest BCUT2D eigenvalue weighted by molar-refractivity contribution is 5.92. The number of unbranched alkanes of at least 4 members (excludes halogenated alkanes) is 1. The van der Waals surface area contributed by atoms with Gasteiger partial charge in [-0.3, -0.25) is 29.0 Å². The first-order chi connectivity index (χ1) is 23.2. The van der Waals surface area contributed by atoms with Crippen molar-refractivity contribution in [2.75, 3.05) is 25.0 Å². The Hall–Kier alpha value is -6.05. The van der Waals surface area contributed by atoms with Crippen LogP contribution in [-0.2, 0) is 30.4 Å². The van der Waals surface area contributed by atoms with E-state index in [2.05, 4.69) is 41.5 Å². The van der Waals surface area contributed by atoms with Crippen LogP contribution in [0.25, 0.3) is 17.1 Å². The Morgan fingerprint density at radius 2 is 1.73 bits per heavy atom. The number of aromatic amines is 1. The molecule has 0 aliphatic carbocycles. The molecule has 2 aromatic heterocycles. The maximum atomic E-state index is 13.0. The van der Waals surface area contributed by atoms with Gasteiger partial charge in [0.05, 0.1) is 30.5 Å². The molecule has 14 nitrogen and oxygen atoms in total. The minimum Gasteiger partial charge on any atom is -0.368 e. The third-order valence-electron chi connectivity index (χ3n) is 7.16. The molecule has 4 rings (SSSR count). The van der Waals surface area contributed by atoms with Crippen molar-refractivity contribution < 1.29 is 24.0 Å². The third kappa shape index (κ3) is 11.4. The number of primary amides is 1. The quantitative estimate of drug-likeness (QED) is 0.0657. The van der Waals surface area contributed by atoms with E-state index in [4.69, 9.17) is 5.73 Å². The van der Waals surface area contributed by atoms with E-state index in [1.165, 1.54) is 6.08 Å². The highest BCUT2D eigenvalue weighted by atomic mass is 16.2. The summed E-state index contributed by atoms with van der Waals surface area (Å²) in [5.41, 5.74) is 10.2. The number of fused-ring (bicyclic) bond motifs is 1. The van der Waals surface area contributed by atoms with Crippen LogP contribution in [0.1, 0.15) is 36.0 Å². The van der Waals surface area contributed by atoms with E-state index in [1.54, 1.807) is 36.7 Å². The fourth-order valence-electron chi connectivity index (χ4n) is 4.71. The first-order valence-corrected chi connectivity index (χ1v) is 15.5. The Morgan fingerprint density at radius 1 is 0.917 bits per heavy atom. The number of hydrogen-bond donors (Lipinski definition) is 7. The Labute approximate surface area is 277 Å². The number of anilines is 2. The molecule has 0 saturated carbocycles. The molecule has 0 spiro atoms. The Bertz CT molecular complexity index is 1750. The van der Waals surface area contributed by atoms with Gasteiger partial charge in [-0.15, -0.1) is 0 Å². The van der Waals surface area contributed by atoms with Gasteiger partial charge in [-0.05, 0) is 73.2 Å². The minimum atomic E-state index is -0.930. The third-order valence-corrected chi connectivity index (χ3v) is 7.16. The Kier molecular flexibility index (Phi) is 12.8. The number of para-hydroxylation sites is 1. The molecule has 0 saturated heterocycles. The number of aromatic nitrogens is 3. The number of hydrogen-bond acceptors (Lipinski definition) is 8. The monoisotopic (exact) mass is 653 g/mol. The van der Waals surface area contributed by atoms with Gasteiger partial charge in [0.1, 0.15) is 6.04 Å². The largest absolute Gasteiger partial charge is 0.368 e. The van der Waals surface area contributed by atoms with E-state index in [9.17, 15) is 24.0 Å². The van der Waals surface area contributed by atoms with Crippen molar-refractivity contribution in [3.05, 3.63) is 89.8 Å². The number of amides is 5. The van der Waals surface area contributed by atoms with Crippen molar-refractivity contribution in [1.29, 1.82) is 0 Å². The molecule has 2 aromatic carbocycles. The van der Waals surface area contributed by atoms with Crippen molar-refractivity contribution >= 4 is 58.3 Å². The maximum absolute atomic E-state index is 13.0. The standard InChI is InChI=1S/C34H39N9O5/c1-22-6-4-9-26-32(22)43-34(42-26)40-25-13-10-23(11-14-25)18-30(46)41-27(33(48)39-21-31(47)38-20-28(35)44)8-2-3-17-37-29(45)15-12-24-7-5-16-36-19-24/h4-7,9-16,19,27H,2-3,8,17-18,20-21H2,1H3,(H2,35,44)(H,37,45)(H,38,47)(H,39,48)(H,41,46)(H2,40,42,43)/b15-12+/t27-/m1/s1. The number of nitrogens with zero attached hydrogens (tertiary/aromatic N) is 2. The lowest BCUT2D eigenvalue weighted by molar-refractivity contribution is -0.130. The zero-order chi connectivity index (χ0) is 34.3. The van der Waals surface area contributed by atoms with Crippen LogP contribution < -0.4 is 32.3 Å². The number of benzene rings is 2. The summed E-state index contributed by atoms with van der Waals surface area (Å²) in [4.78, 5) is 72.8. The van der Waals surface area contributed by atoms with Gasteiger partial charge in [-0.1, -0.05) is 30.3 Å². The molecule has 4 aromatic rings. The summed E-state index contributed by atoms with van der Waals surface area (Å²) in [6, 6.07) is 15.9. The summed E-state index contributed by atoms with van der Waals surface area (Å²) in [7, 11) is 0. The van der Waals surface area contributed by atoms with Gasteiger partial charge in [0.25, 0.3) is 0 Å². The molecule has 14 heteroatoms. The molecule has 0 aliphatic rings. The van der Waals surface area contributed by atoms with Gasteiger partial charge in [0.15, 0.2) is 0 Å². The fraction of sp³-hybridized carbons (Fsp3) is 0.265. The molecule has 8 N–H and O–H groups in total. The van der Waals surface area contributed by atoms with Crippen molar-refractivity contribution in [3.63, 3.8) is 0 Å². The summed E-state index contributed by atoms with van der Waals surface area (Å²) in [6.45, 7) is 1.61. The zero-order valence-corrected chi connectivity index (χ0v) is 26.5. The number of nitrogens with two attached hydrogens (primary N) is 1. The minimum absolute atomic E-state index is 0.0202. The molecule has 2 heterocycles. The summed E-state index contributed by atoms with van der Waals surface area (Å²) < 4.78 is 0. The molecule has 0 radical (unpaired) electrons. The molecular formula is C34H39N9O5. The van der Waals surface area contributed by atoms with E-state index in [-0.39, 0.29) is 31.2 Å². The van der Waals surface area contributed by atoms with Crippen LogP contribution in [0.3, 0.4) is 0 Å². The number of carbonyl (C=O) groups is 5. The van der Waals surface area contributed by atoms with E-state index >= 15 is 0 Å². The van der Waals surface area contributed by atoms with Crippen LogP contribution in [0, 0.1) is 6.92 Å². The SMILES string of the molecule is Cc1cccc2[nH]c(Nc3ccc(CC(=O)N[C@H](CCCCNC(=O)/C=C/c4cccnc4)C(=O)NCC(=O)NCC(N)=O)cc3)nc12. The Morgan fingerprint density at radius 3 is 2.46 bits per heavy atom. The predicted octanol–water partition coefficient (Wildman–Crippen LogP) is 1.75. The van der Waals surface area contributed by atoms with E-state index in [0.717, 1.165) is 33.4 Å². The summed E-state index contributed by atoms with van der Waals surface area (Å²) in [6.07, 6.45) is 7.69. The average Bonchev–Trinajstić information content (AvgIpc) is 3.49. The van der Waals surface area contributed by atoms with Crippen LogP contribution >= 0.6 is 0 Å². The van der Waals surface area contributed by atoms with Crippen molar-refractivity contribution in [1.82, 2.24) is 36.2 Å². The van der Waals surface area contributed by atoms with Crippen molar-refractivity contribution in [2.24, 2.45) is 5.73 Å². The predicted molar refractivity (Wildman–Crippen MR) is 182 cm³/mol. The lowest BCUT2D eigenvalue weighted by atomic mass is 10.1. The number of nitrogens with one attached hydrogen (secondary N) is 6. The normalized spacial score (nSPS) is 11.5. The van der Waals surface area contributed by atoms with Gasteiger partial charge in [0.2, 0.25) is 35.5 Å². The smallest absolute Gasteiger partial charge is 0.243 e. The van der Waals surface area contributed by atoms with Crippen LogP contribution in [0.15, 0.2) is 73.1 Å². The molecule has 250 valence electrons. The number of aryl methyl sites for hydroxylation is 1. The molecule has 48 heavy (non-hydrogen) atoms. The lowest BCUT2D eigenvalue weighted by Crippen LogP contribution is -2.49. The summed E-state index contributed by atoms with van der Waals surface area (Å²) >= 11 is 0. The van der Waals surface area contributed by atoms with Crippen LogP contribution in [-0.4, -0.2) is 70.2 Å². The van der Waals surface area contributed by atoms with Gasteiger partial charge >= 0.3 is 0 Å². The molecule has 0 unspecified atom stereocenters. The molecular weight excluding hydrogens is 614 g/mol. The number of H-pyrrole nitrogens is 1. The average molecular weight is 654 g/mol. The highest BCUT2D eigenvalue weighted by Gasteiger charge is 2.21. The number of carbonyl (C=O) groups excluding carboxylic acids is 5. The van der Waals surface area contributed by atoms with E-state index in [1.807, 2.05) is 43.3 Å². The number of rotatable bonds is 17. The van der Waals surface area contributed by atoms with Gasteiger partial charge in [-0.2, -0.15) is 0 Å². The van der Waals surface area contributed by atoms with Crippen molar-refractivity contribution in [3.8, 4) is 0 Å². The fourth-order valence-corrected chi connectivity index (χ4v) is 4.71. The van der Waals surface area contributed by atoms with Crippen LogP contribution in [0.5, 0.6) is 0 Å². The highest BCUT2D eigenvalue weighted by Crippen LogP contribution is 2.21. The summed E-state index contributed by atoms with van der Waals surface area (Å²) in [5, 5.41) is 13.6. The van der Waals surface area contributed by atoms with Crippen LogP contribution in [0.2, 0.25) is 0 Å². The first-order valence-electron chi connectivity index (χ1n) is 15.5. The zero-order valence-electron chi connectivity index (χ0n) is 26.5. The molecule has 0 bridgehead atoms. The van der Waals surface area contributed by atoms with Gasteiger partial charge < -0.3 is 37.3 Å². The second-order valence-corrected chi connectivity index (χ2v) is 11.0. The topological polar surface area (TPSA) is 213 Å². The molecule has 0 aliphatic heterocycles. The summed E-state index contributed by atoms with van der Waals surface area (Å²) in [5.74, 6) is -1.91. The second kappa shape index (κ2) is 17.6. The molecule has 1 atom stereocenters. The lowest BCUT2D eigenvalue weighted by Gasteiger charge is -2.19. The maximum Gasteiger partial charge on any atom is 0.243 e. The van der Waals surface area contributed by atoms with E-state index < -0.39 is 30.3 Å².